The van der Waals surface area contributed by atoms with Gasteiger partial charge in [0.1, 0.15) is 5.15 Å². The Hall–Kier alpha value is -2.59. The second kappa shape index (κ2) is 8.68. The topological polar surface area (TPSA) is 84.2 Å². The van der Waals surface area contributed by atoms with E-state index in [9.17, 15) is 5.11 Å². The molecule has 0 unspecified atom stereocenters. The van der Waals surface area contributed by atoms with Crippen LogP contribution in [0.15, 0.2) is 53.9 Å². The van der Waals surface area contributed by atoms with Gasteiger partial charge in [-0.1, -0.05) is 17.7 Å². The molecule has 2 heterocycles. The normalized spacial score (nSPS) is 14.8. The number of rotatable bonds is 6. The maximum absolute atomic E-state index is 9.63. The molecule has 3 rings (SSSR count). The number of anilines is 1. The molecule has 1 aromatic carbocycles. The number of halogens is 1. The lowest BCUT2D eigenvalue weighted by molar-refractivity contribution is 0.251. The third-order valence-electron chi connectivity index (χ3n) is 4.30. The molecular formula is C19H20ClN5O. The lowest BCUT2D eigenvalue weighted by Gasteiger charge is -2.31. The highest BCUT2D eigenvalue weighted by Crippen LogP contribution is 2.19. The molecule has 6 nitrogen and oxygen atoms in total. The van der Waals surface area contributed by atoms with Crippen LogP contribution in [0.25, 0.3) is 0 Å². The highest BCUT2D eigenvalue weighted by molar-refractivity contribution is 6.29. The predicted octanol–water partition coefficient (Wildman–Crippen LogP) is 2.68. The van der Waals surface area contributed by atoms with Gasteiger partial charge in [0.05, 0.1) is 23.9 Å². The third-order valence-corrected chi connectivity index (χ3v) is 4.52. The molecule has 0 bridgehead atoms. The second-order valence-electron chi connectivity index (χ2n) is 6.13. The van der Waals surface area contributed by atoms with Crippen molar-refractivity contribution in [1.29, 1.82) is 5.26 Å². The van der Waals surface area contributed by atoms with Crippen LogP contribution in [0.5, 0.6) is 0 Å². The number of nitriles is 1. The minimum Gasteiger partial charge on any atom is -0.392 e. The first-order valence-corrected chi connectivity index (χ1v) is 8.72. The van der Waals surface area contributed by atoms with E-state index in [0.717, 1.165) is 42.0 Å². The van der Waals surface area contributed by atoms with Crippen molar-refractivity contribution in [2.24, 2.45) is 0 Å². The monoisotopic (exact) mass is 369 g/mol. The molecule has 0 spiro atoms. The Morgan fingerprint density at radius 2 is 2.00 bits per heavy atom. The lowest BCUT2D eigenvalue weighted by atomic mass is 10.1. The van der Waals surface area contributed by atoms with E-state index in [4.69, 9.17) is 16.9 Å². The molecule has 134 valence electrons. The van der Waals surface area contributed by atoms with E-state index >= 15 is 0 Å². The van der Waals surface area contributed by atoms with Crippen LogP contribution in [-0.2, 0) is 6.54 Å². The van der Waals surface area contributed by atoms with Crippen molar-refractivity contribution < 1.29 is 5.11 Å². The van der Waals surface area contributed by atoms with Gasteiger partial charge in [0.15, 0.2) is 0 Å². The molecule has 0 amide bonds. The molecule has 0 saturated heterocycles. The van der Waals surface area contributed by atoms with Crippen molar-refractivity contribution in [1.82, 2.24) is 15.3 Å². The Kier molecular flexibility index (Phi) is 6.08. The zero-order valence-corrected chi connectivity index (χ0v) is 15.0. The van der Waals surface area contributed by atoms with Gasteiger partial charge >= 0.3 is 0 Å². The van der Waals surface area contributed by atoms with Gasteiger partial charge < -0.3 is 16.0 Å². The summed E-state index contributed by atoms with van der Waals surface area (Å²) in [6, 6.07) is 13.1. The molecule has 26 heavy (non-hydrogen) atoms. The first-order chi connectivity index (χ1) is 12.7. The standard InChI is InChI=1S/C19H20ClN5O/c20-19-6-3-15(10-22-19)11-25-8-7-16(13-26)18(12-25)24-23-17-4-1-14(9-21)2-5-17/h1-6,10,23-24,26H,7-8,11-13H2. The molecule has 0 saturated carbocycles. The van der Waals surface area contributed by atoms with Crippen molar-refractivity contribution in [3.63, 3.8) is 0 Å². The van der Waals surface area contributed by atoms with Crippen LogP contribution in [0.1, 0.15) is 17.5 Å². The molecule has 1 aliphatic rings. The van der Waals surface area contributed by atoms with E-state index in [2.05, 4.69) is 26.8 Å². The molecule has 0 atom stereocenters. The van der Waals surface area contributed by atoms with Gasteiger partial charge in [0.25, 0.3) is 0 Å². The van der Waals surface area contributed by atoms with E-state index in [1.165, 1.54) is 0 Å². The number of aliphatic hydroxyl groups excluding tert-OH is 1. The van der Waals surface area contributed by atoms with Gasteiger partial charge in [0.2, 0.25) is 0 Å². The number of aliphatic hydroxyl groups is 1. The van der Waals surface area contributed by atoms with Crippen LogP contribution in [0.3, 0.4) is 0 Å². The first kappa shape index (κ1) is 18.2. The Morgan fingerprint density at radius 3 is 2.65 bits per heavy atom. The largest absolute Gasteiger partial charge is 0.392 e. The fourth-order valence-electron chi connectivity index (χ4n) is 2.83. The number of hydrogen-bond acceptors (Lipinski definition) is 6. The van der Waals surface area contributed by atoms with Gasteiger partial charge in [-0.25, -0.2) is 4.98 Å². The van der Waals surface area contributed by atoms with Crippen LogP contribution in [0.2, 0.25) is 5.15 Å². The SMILES string of the molecule is N#Cc1ccc(NNC2=C(CO)CCN(Cc3ccc(Cl)nc3)C2)cc1. The zero-order valence-electron chi connectivity index (χ0n) is 14.2. The summed E-state index contributed by atoms with van der Waals surface area (Å²) in [7, 11) is 0. The first-order valence-electron chi connectivity index (χ1n) is 8.34. The number of hydrazine groups is 1. The van der Waals surface area contributed by atoms with E-state index in [0.29, 0.717) is 17.3 Å². The van der Waals surface area contributed by atoms with E-state index in [1.54, 1.807) is 24.4 Å². The number of nitrogens with one attached hydrogen (secondary N) is 2. The van der Waals surface area contributed by atoms with E-state index in [1.807, 2.05) is 18.2 Å². The Morgan fingerprint density at radius 1 is 1.19 bits per heavy atom. The van der Waals surface area contributed by atoms with Gasteiger partial charge in [0, 0.05) is 31.5 Å². The average Bonchev–Trinajstić information content (AvgIpc) is 2.68. The molecule has 0 aliphatic carbocycles. The summed E-state index contributed by atoms with van der Waals surface area (Å²) in [6.45, 7) is 2.38. The van der Waals surface area contributed by atoms with Crippen molar-refractivity contribution >= 4 is 17.3 Å². The number of nitrogens with zero attached hydrogens (tertiary/aromatic N) is 3. The fraction of sp³-hybridized carbons (Fsp3) is 0.263. The molecular weight excluding hydrogens is 350 g/mol. The van der Waals surface area contributed by atoms with Crippen molar-refractivity contribution in [2.45, 2.75) is 13.0 Å². The summed E-state index contributed by atoms with van der Waals surface area (Å²) in [6.07, 6.45) is 2.59. The van der Waals surface area contributed by atoms with Crippen LogP contribution in [0.4, 0.5) is 5.69 Å². The Balaban J connectivity index is 1.62. The second-order valence-corrected chi connectivity index (χ2v) is 6.52. The van der Waals surface area contributed by atoms with Crippen LogP contribution in [-0.4, -0.2) is 34.7 Å². The highest BCUT2D eigenvalue weighted by Gasteiger charge is 2.19. The zero-order chi connectivity index (χ0) is 18.4. The van der Waals surface area contributed by atoms with Gasteiger partial charge in [-0.2, -0.15) is 5.26 Å². The smallest absolute Gasteiger partial charge is 0.129 e. The van der Waals surface area contributed by atoms with E-state index in [-0.39, 0.29) is 6.61 Å². The molecule has 7 heteroatoms. The van der Waals surface area contributed by atoms with Gasteiger partial charge in [-0.05, 0) is 47.9 Å². The molecule has 1 aromatic heterocycles. The number of benzene rings is 1. The average molecular weight is 370 g/mol. The molecule has 3 N–H and O–H groups in total. The van der Waals surface area contributed by atoms with Crippen molar-refractivity contribution in [2.75, 3.05) is 25.1 Å². The summed E-state index contributed by atoms with van der Waals surface area (Å²) >= 11 is 5.84. The summed E-state index contributed by atoms with van der Waals surface area (Å²) in [5.41, 5.74) is 10.9. The lowest BCUT2D eigenvalue weighted by Crippen LogP contribution is -2.38. The summed E-state index contributed by atoms with van der Waals surface area (Å²) in [5, 5.41) is 19.0. The van der Waals surface area contributed by atoms with Crippen molar-refractivity contribution in [3.05, 3.63) is 70.1 Å². The maximum Gasteiger partial charge on any atom is 0.129 e. The van der Waals surface area contributed by atoms with Crippen LogP contribution >= 0.6 is 11.6 Å². The summed E-state index contributed by atoms with van der Waals surface area (Å²) in [5.74, 6) is 0. The Bertz CT molecular complexity index is 811. The molecule has 2 aromatic rings. The van der Waals surface area contributed by atoms with Gasteiger partial charge in [-0.15, -0.1) is 0 Å². The Labute approximate surface area is 157 Å². The summed E-state index contributed by atoms with van der Waals surface area (Å²) in [4.78, 5) is 6.41. The molecule has 1 aliphatic heterocycles. The quantitative estimate of drug-likeness (QED) is 0.536. The number of pyridine rings is 1. The number of hydrogen-bond donors (Lipinski definition) is 3. The number of aromatic nitrogens is 1. The van der Waals surface area contributed by atoms with Gasteiger partial charge in [-0.3, -0.25) is 4.90 Å². The minimum absolute atomic E-state index is 0.0354. The third kappa shape index (κ3) is 4.73. The summed E-state index contributed by atoms with van der Waals surface area (Å²) < 4.78 is 0. The van der Waals surface area contributed by atoms with Crippen LogP contribution < -0.4 is 10.9 Å². The minimum atomic E-state index is 0.0354. The predicted molar refractivity (Wildman–Crippen MR) is 101 cm³/mol. The van der Waals surface area contributed by atoms with Crippen LogP contribution in [0, 0.1) is 11.3 Å². The fourth-order valence-corrected chi connectivity index (χ4v) is 2.94. The maximum atomic E-state index is 9.63. The highest BCUT2D eigenvalue weighted by atomic mass is 35.5. The van der Waals surface area contributed by atoms with Crippen molar-refractivity contribution in [3.8, 4) is 6.07 Å². The molecule has 0 radical (unpaired) electrons. The van der Waals surface area contributed by atoms with E-state index < -0.39 is 0 Å². The molecule has 0 fully saturated rings.